The zero-order valence-electron chi connectivity index (χ0n) is 13.9. The quantitative estimate of drug-likeness (QED) is 0.843. The van der Waals surface area contributed by atoms with Gasteiger partial charge in [0.1, 0.15) is 6.04 Å². The zero-order valence-corrected chi connectivity index (χ0v) is 13.9. The number of hydrogen-bond donors (Lipinski definition) is 1. The molecule has 1 aromatic rings. The lowest BCUT2D eigenvalue weighted by Gasteiger charge is -2.37. The fourth-order valence-corrected chi connectivity index (χ4v) is 2.80. The molecule has 0 unspecified atom stereocenters. The van der Waals surface area contributed by atoms with Gasteiger partial charge in [0.05, 0.1) is 24.9 Å². The Labute approximate surface area is 138 Å². The van der Waals surface area contributed by atoms with Crippen molar-refractivity contribution in [3.63, 3.8) is 0 Å². The zero-order chi connectivity index (χ0) is 16.7. The van der Waals surface area contributed by atoms with Gasteiger partial charge in [-0.05, 0) is 18.1 Å². The summed E-state index contributed by atoms with van der Waals surface area (Å²) < 4.78 is 0. The molecule has 6 nitrogen and oxygen atoms in total. The Kier molecular flexibility index (Phi) is 6.51. The molecular formula is C17H25N5O. The van der Waals surface area contributed by atoms with Crippen LogP contribution in [-0.4, -0.2) is 59.5 Å². The van der Waals surface area contributed by atoms with E-state index in [-0.39, 0.29) is 11.9 Å². The Hall–Kier alpha value is -1.97. The van der Waals surface area contributed by atoms with Gasteiger partial charge in [-0.2, -0.15) is 5.26 Å². The maximum atomic E-state index is 12.0. The monoisotopic (exact) mass is 315 g/mol. The molecule has 1 amide bonds. The van der Waals surface area contributed by atoms with E-state index < -0.39 is 0 Å². The first kappa shape index (κ1) is 17.4. The number of nitriles is 1. The van der Waals surface area contributed by atoms with E-state index in [2.05, 4.69) is 40.0 Å². The summed E-state index contributed by atoms with van der Waals surface area (Å²) in [5.41, 5.74) is 0.861. The van der Waals surface area contributed by atoms with Crippen molar-refractivity contribution >= 4 is 5.91 Å². The van der Waals surface area contributed by atoms with Crippen molar-refractivity contribution < 1.29 is 4.79 Å². The van der Waals surface area contributed by atoms with E-state index in [9.17, 15) is 10.1 Å². The van der Waals surface area contributed by atoms with E-state index in [1.807, 2.05) is 18.2 Å². The Bertz CT molecular complexity index is 532. The van der Waals surface area contributed by atoms with E-state index >= 15 is 0 Å². The molecule has 1 fully saturated rings. The molecule has 6 heteroatoms. The number of aromatic nitrogens is 1. The van der Waals surface area contributed by atoms with Crippen LogP contribution in [-0.2, 0) is 11.3 Å². The third-order valence-electron chi connectivity index (χ3n) is 4.12. The number of pyridine rings is 1. The Morgan fingerprint density at radius 2 is 2.09 bits per heavy atom. The number of amides is 1. The van der Waals surface area contributed by atoms with Crippen LogP contribution >= 0.6 is 0 Å². The summed E-state index contributed by atoms with van der Waals surface area (Å²) in [6, 6.07) is 8.02. The summed E-state index contributed by atoms with van der Waals surface area (Å²) in [5, 5.41) is 12.2. The highest BCUT2D eigenvalue weighted by atomic mass is 16.2. The van der Waals surface area contributed by atoms with E-state index in [1.165, 1.54) is 0 Å². The van der Waals surface area contributed by atoms with Crippen LogP contribution in [0, 0.1) is 17.2 Å². The third kappa shape index (κ3) is 5.31. The number of nitrogens with one attached hydrogen (secondary N) is 1. The molecule has 0 saturated carbocycles. The SMILES string of the molecule is CC(C)[C@H](C#N)N1CCN(CC(=O)NCc2ccccn2)CC1. The lowest BCUT2D eigenvalue weighted by atomic mass is 10.0. The molecule has 0 radical (unpaired) electrons. The smallest absolute Gasteiger partial charge is 0.234 e. The van der Waals surface area contributed by atoms with Crippen LogP contribution < -0.4 is 5.32 Å². The van der Waals surface area contributed by atoms with E-state index in [0.29, 0.717) is 19.0 Å². The van der Waals surface area contributed by atoms with Gasteiger partial charge < -0.3 is 5.32 Å². The summed E-state index contributed by atoms with van der Waals surface area (Å²) >= 11 is 0. The molecule has 2 rings (SSSR count). The van der Waals surface area contributed by atoms with Crippen molar-refractivity contribution in [3.8, 4) is 6.07 Å². The Morgan fingerprint density at radius 1 is 1.35 bits per heavy atom. The highest BCUT2D eigenvalue weighted by Gasteiger charge is 2.26. The van der Waals surface area contributed by atoms with E-state index in [0.717, 1.165) is 31.9 Å². The van der Waals surface area contributed by atoms with Crippen LogP contribution in [0.25, 0.3) is 0 Å². The van der Waals surface area contributed by atoms with Gasteiger partial charge in [0.2, 0.25) is 5.91 Å². The number of carbonyl (C=O) groups is 1. The molecule has 1 N–H and O–H groups in total. The average molecular weight is 315 g/mol. The van der Waals surface area contributed by atoms with Gasteiger partial charge in [-0.15, -0.1) is 0 Å². The van der Waals surface area contributed by atoms with Gasteiger partial charge in [0.15, 0.2) is 0 Å². The Balaban J connectivity index is 1.71. The molecule has 0 spiro atoms. The largest absolute Gasteiger partial charge is 0.349 e. The minimum Gasteiger partial charge on any atom is -0.349 e. The second kappa shape index (κ2) is 8.61. The molecule has 0 aromatic carbocycles. The van der Waals surface area contributed by atoms with E-state index in [4.69, 9.17) is 0 Å². The molecule has 0 bridgehead atoms. The van der Waals surface area contributed by atoms with Crippen LogP contribution in [0.15, 0.2) is 24.4 Å². The summed E-state index contributed by atoms with van der Waals surface area (Å²) in [6.07, 6.45) is 1.72. The van der Waals surface area contributed by atoms with Crippen molar-refractivity contribution in [3.05, 3.63) is 30.1 Å². The minimum atomic E-state index is -0.0323. The fourth-order valence-electron chi connectivity index (χ4n) is 2.80. The minimum absolute atomic E-state index is 0.0183. The van der Waals surface area contributed by atoms with Crippen molar-refractivity contribution in [1.29, 1.82) is 5.26 Å². The lowest BCUT2D eigenvalue weighted by molar-refractivity contribution is -0.122. The molecule has 124 valence electrons. The highest BCUT2D eigenvalue weighted by Crippen LogP contribution is 2.12. The van der Waals surface area contributed by atoms with Crippen molar-refractivity contribution in [2.75, 3.05) is 32.7 Å². The topological polar surface area (TPSA) is 72.3 Å². The predicted octanol–water partition coefficient (Wildman–Crippen LogP) is 0.864. The number of piperazine rings is 1. The standard InChI is InChI=1S/C17H25N5O/c1-14(2)16(11-18)22-9-7-21(8-10-22)13-17(23)20-12-15-5-3-4-6-19-15/h3-6,14,16H,7-10,12-13H2,1-2H3,(H,20,23)/t16-/m0/s1. The molecule has 23 heavy (non-hydrogen) atoms. The van der Waals surface area contributed by atoms with Crippen LogP contribution in [0.2, 0.25) is 0 Å². The number of hydrogen-bond acceptors (Lipinski definition) is 5. The maximum Gasteiger partial charge on any atom is 0.234 e. The molecule has 1 aromatic heterocycles. The van der Waals surface area contributed by atoms with Gasteiger partial charge in [-0.3, -0.25) is 19.6 Å². The first-order valence-corrected chi connectivity index (χ1v) is 8.12. The number of nitrogens with zero attached hydrogens (tertiary/aromatic N) is 4. The van der Waals surface area contributed by atoms with Gasteiger partial charge in [0, 0.05) is 32.4 Å². The van der Waals surface area contributed by atoms with Gasteiger partial charge in [0.25, 0.3) is 0 Å². The highest BCUT2D eigenvalue weighted by molar-refractivity contribution is 5.77. The molecule has 2 heterocycles. The van der Waals surface area contributed by atoms with Crippen molar-refractivity contribution in [2.24, 2.45) is 5.92 Å². The molecule has 0 aliphatic carbocycles. The first-order valence-electron chi connectivity index (χ1n) is 8.12. The molecule has 1 saturated heterocycles. The number of rotatable bonds is 6. The normalized spacial score (nSPS) is 17.7. The molecule has 1 aliphatic heterocycles. The second-order valence-electron chi connectivity index (χ2n) is 6.23. The van der Waals surface area contributed by atoms with Gasteiger partial charge in [-0.25, -0.2) is 0 Å². The first-order chi connectivity index (χ1) is 11.1. The summed E-state index contributed by atoms with van der Waals surface area (Å²) in [5.74, 6) is 0.345. The molecule has 1 aliphatic rings. The fraction of sp³-hybridized carbons (Fsp3) is 0.588. The van der Waals surface area contributed by atoms with Gasteiger partial charge in [-0.1, -0.05) is 19.9 Å². The second-order valence-corrected chi connectivity index (χ2v) is 6.23. The predicted molar refractivity (Wildman–Crippen MR) is 88.3 cm³/mol. The van der Waals surface area contributed by atoms with Crippen LogP contribution in [0.5, 0.6) is 0 Å². The van der Waals surface area contributed by atoms with Gasteiger partial charge >= 0.3 is 0 Å². The van der Waals surface area contributed by atoms with Crippen LogP contribution in [0.1, 0.15) is 19.5 Å². The third-order valence-corrected chi connectivity index (χ3v) is 4.12. The molecule has 1 atom stereocenters. The number of carbonyl (C=O) groups excluding carboxylic acids is 1. The van der Waals surface area contributed by atoms with Crippen LogP contribution in [0.3, 0.4) is 0 Å². The summed E-state index contributed by atoms with van der Waals surface area (Å²) in [4.78, 5) is 20.6. The van der Waals surface area contributed by atoms with Crippen molar-refractivity contribution in [2.45, 2.75) is 26.4 Å². The van der Waals surface area contributed by atoms with E-state index in [1.54, 1.807) is 6.20 Å². The van der Waals surface area contributed by atoms with Crippen molar-refractivity contribution in [1.82, 2.24) is 20.1 Å². The summed E-state index contributed by atoms with van der Waals surface area (Å²) in [6.45, 7) is 8.33. The summed E-state index contributed by atoms with van der Waals surface area (Å²) in [7, 11) is 0. The molecular weight excluding hydrogens is 290 g/mol. The lowest BCUT2D eigenvalue weighted by Crippen LogP contribution is -2.53. The maximum absolute atomic E-state index is 12.0. The van der Waals surface area contributed by atoms with Crippen LogP contribution in [0.4, 0.5) is 0 Å². The Morgan fingerprint density at radius 3 is 2.65 bits per heavy atom. The average Bonchev–Trinajstić information content (AvgIpc) is 2.56.